The van der Waals surface area contributed by atoms with Gasteiger partial charge in [-0.25, -0.2) is 4.79 Å². The first kappa shape index (κ1) is 11.3. The number of carboxylic acids is 1. The molecule has 0 spiro atoms. The van der Waals surface area contributed by atoms with Crippen LogP contribution in [0.1, 0.15) is 16.1 Å². The number of nitrogens with one attached hydrogen (secondary N) is 1. The van der Waals surface area contributed by atoms with Crippen molar-refractivity contribution in [2.45, 2.75) is 6.92 Å². The molecule has 0 aliphatic rings. The molecule has 17 heavy (non-hydrogen) atoms. The van der Waals surface area contributed by atoms with Gasteiger partial charge in [-0.1, -0.05) is 0 Å². The van der Waals surface area contributed by atoms with Crippen LogP contribution in [-0.2, 0) is 0 Å². The molecule has 0 bridgehead atoms. The quantitative estimate of drug-likeness (QED) is 0.853. The third-order valence-electron chi connectivity index (χ3n) is 2.62. The first-order valence-electron chi connectivity index (χ1n) is 5.19. The molecule has 0 unspecified atom stereocenters. The summed E-state index contributed by atoms with van der Waals surface area (Å²) in [6.45, 7) is 1.88. The zero-order valence-corrected chi connectivity index (χ0v) is 9.65. The molecule has 0 saturated carbocycles. The maximum atomic E-state index is 10.8. The topological polar surface area (TPSA) is 62.3 Å². The van der Waals surface area contributed by atoms with E-state index in [4.69, 9.17) is 9.84 Å². The Hall–Kier alpha value is -2.23. The second-order valence-corrected chi connectivity index (χ2v) is 3.77. The molecule has 2 N–H and O–H groups in total. The van der Waals surface area contributed by atoms with Gasteiger partial charge in [0.15, 0.2) is 0 Å². The van der Waals surface area contributed by atoms with Crippen molar-refractivity contribution in [3.05, 3.63) is 41.6 Å². The van der Waals surface area contributed by atoms with Crippen molar-refractivity contribution in [2.75, 3.05) is 7.11 Å². The average molecular weight is 231 g/mol. The highest BCUT2D eigenvalue weighted by molar-refractivity contribution is 5.87. The fraction of sp³-hybridized carbons (Fsp3) is 0.154. The fourth-order valence-electron chi connectivity index (χ4n) is 1.73. The van der Waals surface area contributed by atoms with E-state index in [-0.39, 0.29) is 5.69 Å². The van der Waals surface area contributed by atoms with E-state index in [1.807, 2.05) is 31.2 Å². The number of hydrogen-bond acceptors (Lipinski definition) is 2. The summed E-state index contributed by atoms with van der Waals surface area (Å²) >= 11 is 0. The van der Waals surface area contributed by atoms with Gasteiger partial charge in [0.05, 0.1) is 7.11 Å². The molecule has 0 aliphatic heterocycles. The van der Waals surface area contributed by atoms with E-state index in [0.717, 1.165) is 22.6 Å². The largest absolute Gasteiger partial charge is 0.497 e. The number of aromatic carboxylic acids is 1. The Balaban J connectivity index is 2.41. The minimum Gasteiger partial charge on any atom is -0.497 e. The lowest BCUT2D eigenvalue weighted by molar-refractivity contribution is 0.0691. The molecule has 0 radical (unpaired) electrons. The van der Waals surface area contributed by atoms with Gasteiger partial charge in [-0.3, -0.25) is 0 Å². The van der Waals surface area contributed by atoms with Crippen molar-refractivity contribution < 1.29 is 14.6 Å². The van der Waals surface area contributed by atoms with Gasteiger partial charge < -0.3 is 14.8 Å². The van der Waals surface area contributed by atoms with Gasteiger partial charge in [-0.05, 0) is 48.4 Å². The number of carbonyl (C=O) groups is 1. The molecule has 0 atom stereocenters. The first-order valence-corrected chi connectivity index (χ1v) is 5.19. The van der Waals surface area contributed by atoms with Crippen molar-refractivity contribution in [1.82, 2.24) is 4.98 Å². The Kier molecular flexibility index (Phi) is 2.87. The lowest BCUT2D eigenvalue weighted by atomic mass is 10.1. The normalized spacial score (nSPS) is 10.2. The number of aromatic amines is 1. The van der Waals surface area contributed by atoms with Gasteiger partial charge in [0.1, 0.15) is 11.4 Å². The van der Waals surface area contributed by atoms with E-state index in [2.05, 4.69) is 4.98 Å². The number of ether oxygens (including phenoxy) is 1. The third kappa shape index (κ3) is 2.15. The van der Waals surface area contributed by atoms with E-state index in [1.54, 1.807) is 13.2 Å². The van der Waals surface area contributed by atoms with E-state index in [0.29, 0.717) is 0 Å². The lowest BCUT2D eigenvalue weighted by Crippen LogP contribution is -1.95. The molecule has 2 rings (SSSR count). The summed E-state index contributed by atoms with van der Waals surface area (Å²) in [6, 6.07) is 9.10. The van der Waals surface area contributed by atoms with E-state index in [9.17, 15) is 4.79 Å². The van der Waals surface area contributed by atoms with Crippen molar-refractivity contribution in [1.29, 1.82) is 0 Å². The van der Waals surface area contributed by atoms with Gasteiger partial charge in [-0.2, -0.15) is 0 Å². The Labute approximate surface area is 98.9 Å². The smallest absolute Gasteiger partial charge is 0.352 e. The minimum absolute atomic E-state index is 0.202. The molecule has 2 aromatic rings. The second-order valence-electron chi connectivity index (χ2n) is 3.77. The number of rotatable bonds is 3. The van der Waals surface area contributed by atoms with Crippen LogP contribution in [0.4, 0.5) is 0 Å². The predicted molar refractivity (Wildman–Crippen MR) is 64.5 cm³/mol. The molecule has 4 nitrogen and oxygen atoms in total. The molecular weight excluding hydrogens is 218 g/mol. The Morgan fingerprint density at radius 3 is 2.41 bits per heavy atom. The summed E-state index contributed by atoms with van der Waals surface area (Å²) in [5.41, 5.74) is 2.88. The number of aryl methyl sites for hydroxylation is 1. The average Bonchev–Trinajstić information content (AvgIpc) is 2.72. The van der Waals surface area contributed by atoms with Crippen LogP contribution in [0, 0.1) is 6.92 Å². The zero-order valence-electron chi connectivity index (χ0n) is 9.65. The molecule has 0 aliphatic carbocycles. The van der Waals surface area contributed by atoms with E-state index < -0.39 is 5.97 Å². The molecule has 1 heterocycles. The van der Waals surface area contributed by atoms with Gasteiger partial charge in [0.2, 0.25) is 0 Å². The standard InChI is InChI=1S/C13H13NO3/c1-8-7-11(13(15)16)14-12(8)9-3-5-10(17-2)6-4-9/h3-7,14H,1-2H3,(H,15,16). The summed E-state index contributed by atoms with van der Waals surface area (Å²) in [5.74, 6) is -0.177. The van der Waals surface area contributed by atoms with E-state index >= 15 is 0 Å². The Bertz CT molecular complexity index is 540. The van der Waals surface area contributed by atoms with Gasteiger partial charge in [0.25, 0.3) is 0 Å². The molecule has 88 valence electrons. The van der Waals surface area contributed by atoms with Gasteiger partial charge >= 0.3 is 5.97 Å². The summed E-state index contributed by atoms with van der Waals surface area (Å²) in [4.78, 5) is 13.7. The van der Waals surface area contributed by atoms with Crippen LogP contribution < -0.4 is 4.74 Å². The fourth-order valence-corrected chi connectivity index (χ4v) is 1.73. The highest BCUT2D eigenvalue weighted by Gasteiger charge is 2.11. The van der Waals surface area contributed by atoms with Crippen LogP contribution in [0.2, 0.25) is 0 Å². The number of carboxylic acid groups (broad SMARTS) is 1. The van der Waals surface area contributed by atoms with Crippen molar-refractivity contribution in [3.63, 3.8) is 0 Å². The Morgan fingerprint density at radius 1 is 1.29 bits per heavy atom. The Morgan fingerprint density at radius 2 is 1.94 bits per heavy atom. The molecule has 1 aromatic carbocycles. The summed E-state index contributed by atoms with van der Waals surface area (Å²) in [7, 11) is 1.61. The summed E-state index contributed by atoms with van der Waals surface area (Å²) in [6.07, 6.45) is 0. The number of methoxy groups -OCH3 is 1. The minimum atomic E-state index is -0.951. The summed E-state index contributed by atoms with van der Waals surface area (Å²) in [5, 5.41) is 8.90. The number of hydrogen-bond donors (Lipinski definition) is 2. The SMILES string of the molecule is COc1ccc(-c2[nH]c(C(=O)O)cc2C)cc1. The van der Waals surface area contributed by atoms with Crippen molar-refractivity contribution in [2.24, 2.45) is 0 Å². The first-order chi connectivity index (χ1) is 8.11. The van der Waals surface area contributed by atoms with Crippen LogP contribution >= 0.6 is 0 Å². The number of H-pyrrole nitrogens is 1. The maximum absolute atomic E-state index is 10.8. The molecule has 4 heteroatoms. The zero-order chi connectivity index (χ0) is 12.4. The van der Waals surface area contributed by atoms with Crippen LogP contribution in [0.3, 0.4) is 0 Å². The van der Waals surface area contributed by atoms with Crippen molar-refractivity contribution >= 4 is 5.97 Å². The maximum Gasteiger partial charge on any atom is 0.352 e. The highest BCUT2D eigenvalue weighted by atomic mass is 16.5. The van der Waals surface area contributed by atoms with Crippen LogP contribution in [0.25, 0.3) is 11.3 Å². The summed E-state index contributed by atoms with van der Waals surface area (Å²) < 4.78 is 5.07. The molecule has 1 aromatic heterocycles. The van der Waals surface area contributed by atoms with Gasteiger partial charge in [-0.15, -0.1) is 0 Å². The molecule has 0 amide bonds. The van der Waals surface area contributed by atoms with Crippen LogP contribution in [-0.4, -0.2) is 23.2 Å². The lowest BCUT2D eigenvalue weighted by Gasteiger charge is -2.02. The second kappa shape index (κ2) is 4.33. The monoisotopic (exact) mass is 231 g/mol. The predicted octanol–water partition coefficient (Wildman–Crippen LogP) is 2.70. The van der Waals surface area contributed by atoms with Crippen LogP contribution in [0.15, 0.2) is 30.3 Å². The van der Waals surface area contributed by atoms with Crippen LogP contribution in [0.5, 0.6) is 5.75 Å². The van der Waals surface area contributed by atoms with Crippen molar-refractivity contribution in [3.8, 4) is 17.0 Å². The molecule has 0 fully saturated rings. The number of benzene rings is 1. The third-order valence-corrected chi connectivity index (χ3v) is 2.62. The molecular formula is C13H13NO3. The highest BCUT2D eigenvalue weighted by Crippen LogP contribution is 2.25. The van der Waals surface area contributed by atoms with Gasteiger partial charge in [0, 0.05) is 5.69 Å². The molecule has 0 saturated heterocycles. The van der Waals surface area contributed by atoms with E-state index in [1.165, 1.54) is 0 Å². The number of aromatic nitrogens is 1.